The van der Waals surface area contributed by atoms with E-state index in [1.165, 1.54) is 60.4 Å². The predicted octanol–water partition coefficient (Wildman–Crippen LogP) is 11.4. The third-order valence-electron chi connectivity index (χ3n) is 8.32. The molecule has 0 spiro atoms. The largest absolute Gasteiger partial charge is 0.457 e. The summed E-state index contributed by atoms with van der Waals surface area (Å²) in [5.41, 5.74) is 1.32. The molecule has 1 aromatic carbocycles. The first kappa shape index (κ1) is 42.1. The lowest BCUT2D eigenvalue weighted by atomic mass is 9.91. The summed E-state index contributed by atoms with van der Waals surface area (Å²) in [6.07, 6.45) is 13.8. The molecule has 0 aliphatic heterocycles. The second-order valence-electron chi connectivity index (χ2n) is 13.5. The van der Waals surface area contributed by atoms with Crippen molar-refractivity contribution in [1.29, 1.82) is 0 Å². The number of esters is 1. The van der Waals surface area contributed by atoms with Crippen molar-refractivity contribution in [2.45, 2.75) is 143 Å². The van der Waals surface area contributed by atoms with Crippen LogP contribution in [0.25, 0.3) is 0 Å². The molecule has 0 aliphatic carbocycles. The number of hydrogen-bond donors (Lipinski definition) is 1. The molecule has 1 N–H and O–H groups in total. The third-order valence-corrected chi connectivity index (χ3v) is 8.32. The van der Waals surface area contributed by atoms with Crippen molar-refractivity contribution >= 4 is 5.97 Å². The van der Waals surface area contributed by atoms with E-state index in [0.29, 0.717) is 6.42 Å². The van der Waals surface area contributed by atoms with E-state index in [0.717, 1.165) is 64.0 Å². The van der Waals surface area contributed by atoms with E-state index in [1.807, 2.05) is 6.92 Å². The van der Waals surface area contributed by atoms with Crippen molar-refractivity contribution in [3.63, 3.8) is 0 Å². The minimum absolute atomic E-state index is 0.162. The number of carbonyl (C=O) groups excluding carboxylic acids is 1. The number of methoxy groups -OCH3 is 1. The van der Waals surface area contributed by atoms with E-state index in [1.54, 1.807) is 6.07 Å². The van der Waals surface area contributed by atoms with Gasteiger partial charge in [-0.2, -0.15) is 13.2 Å². The van der Waals surface area contributed by atoms with E-state index in [9.17, 15) is 23.1 Å². The fourth-order valence-corrected chi connectivity index (χ4v) is 5.26. The second kappa shape index (κ2) is 20.5. The number of rotatable bonds is 20. The number of unbranched alkanes of at least 4 members (excludes halogenated alkanes) is 1. The number of aliphatic hydroxyl groups is 1. The zero-order valence-corrected chi connectivity index (χ0v) is 30.2. The Morgan fingerprint density at radius 2 is 1.15 bits per heavy atom. The van der Waals surface area contributed by atoms with E-state index in [-0.39, 0.29) is 12.0 Å². The number of halogens is 3. The summed E-state index contributed by atoms with van der Waals surface area (Å²) >= 11 is 0. The molecule has 7 heteroatoms. The van der Waals surface area contributed by atoms with Crippen molar-refractivity contribution in [1.82, 2.24) is 0 Å². The summed E-state index contributed by atoms with van der Waals surface area (Å²) in [6, 6.07) is 6.69. The monoisotopic (exact) mass is 660 g/mol. The average molecular weight is 661 g/mol. The van der Waals surface area contributed by atoms with Gasteiger partial charge in [-0.3, -0.25) is 0 Å². The quantitative estimate of drug-likeness (QED) is 0.0859. The van der Waals surface area contributed by atoms with Gasteiger partial charge >= 0.3 is 12.1 Å². The molecule has 47 heavy (non-hydrogen) atoms. The van der Waals surface area contributed by atoms with Crippen LogP contribution in [0.15, 0.2) is 88.6 Å². The molecule has 1 aromatic rings. The lowest BCUT2D eigenvalue weighted by molar-refractivity contribution is -0.281. The smallest absolute Gasteiger partial charge is 0.432 e. The van der Waals surface area contributed by atoms with Gasteiger partial charge in [0.1, 0.15) is 6.10 Å². The Kier molecular flexibility index (Phi) is 18.3. The van der Waals surface area contributed by atoms with E-state index in [2.05, 4.69) is 65.0 Å². The number of benzene rings is 1. The maximum atomic E-state index is 14.3. The number of ether oxygens (including phenoxy) is 2. The number of allylic oxidation sites excluding steroid dienone is 10. The molecule has 0 aliphatic rings. The van der Waals surface area contributed by atoms with Gasteiger partial charge in [0.05, 0.1) is 5.60 Å². The first-order valence-electron chi connectivity index (χ1n) is 16.8. The average Bonchev–Trinajstić information content (AvgIpc) is 2.97. The minimum atomic E-state index is -5.08. The normalized spacial score (nSPS) is 15.7. The van der Waals surface area contributed by atoms with Crippen molar-refractivity contribution < 1.29 is 32.5 Å². The van der Waals surface area contributed by atoms with Crippen LogP contribution in [0.3, 0.4) is 0 Å². The van der Waals surface area contributed by atoms with Gasteiger partial charge < -0.3 is 14.6 Å². The molecule has 0 saturated carbocycles. The van der Waals surface area contributed by atoms with Gasteiger partial charge in [-0.15, -0.1) is 0 Å². The molecule has 1 rings (SSSR count). The Bertz CT molecular complexity index is 1240. The maximum absolute atomic E-state index is 14.3. The van der Waals surface area contributed by atoms with Crippen LogP contribution in [-0.4, -0.2) is 36.1 Å². The first-order chi connectivity index (χ1) is 21.9. The standard InChI is InChI=1S/C40H59F3O4/c1-30(2)18-15-21-33(5)24-16-22-31(3)19-13-14-20-32(4)23-17-25-34(6)28-29-36(38(7,8)45)47-37(44)39(46-9,40(41,42)43)35-26-11-10-12-27-35/h10-12,18-20,24-27,36,45H,13-17,21-23,28-29H2,1-9H3/b31-19+,32-20+,33-24+,34-25+/t36-,39+/m1/s1. The van der Waals surface area contributed by atoms with Crippen LogP contribution in [0, 0.1) is 0 Å². The van der Waals surface area contributed by atoms with E-state index in [4.69, 9.17) is 9.47 Å². The van der Waals surface area contributed by atoms with Gasteiger partial charge in [0.25, 0.3) is 5.60 Å². The molecule has 2 atom stereocenters. The van der Waals surface area contributed by atoms with E-state index >= 15 is 0 Å². The fourth-order valence-electron chi connectivity index (χ4n) is 5.26. The number of carbonyl (C=O) groups is 1. The highest BCUT2D eigenvalue weighted by molar-refractivity contribution is 5.83. The molecule has 0 heterocycles. The van der Waals surface area contributed by atoms with Gasteiger partial charge in [-0.25, -0.2) is 4.79 Å². The molecule has 0 saturated heterocycles. The van der Waals surface area contributed by atoms with Crippen LogP contribution in [-0.2, 0) is 19.9 Å². The van der Waals surface area contributed by atoms with Crippen LogP contribution in [0.5, 0.6) is 0 Å². The van der Waals surface area contributed by atoms with Gasteiger partial charge in [0.15, 0.2) is 0 Å². The van der Waals surface area contributed by atoms with Crippen molar-refractivity contribution in [2.24, 2.45) is 0 Å². The number of hydrogen-bond acceptors (Lipinski definition) is 4. The van der Waals surface area contributed by atoms with Gasteiger partial charge in [-0.05, 0) is 120 Å². The topological polar surface area (TPSA) is 55.8 Å². The highest BCUT2D eigenvalue weighted by atomic mass is 19.4. The molecule has 0 fully saturated rings. The highest BCUT2D eigenvalue weighted by Gasteiger charge is 2.64. The highest BCUT2D eigenvalue weighted by Crippen LogP contribution is 2.43. The predicted molar refractivity (Wildman–Crippen MR) is 188 cm³/mol. The Labute approximate surface area is 282 Å². The summed E-state index contributed by atoms with van der Waals surface area (Å²) in [6.45, 7) is 15.6. The van der Waals surface area contributed by atoms with Gasteiger partial charge in [-0.1, -0.05) is 88.6 Å². The Balaban J connectivity index is 2.65. The second-order valence-corrected chi connectivity index (χ2v) is 13.5. The fraction of sp³-hybridized carbons (Fsp3) is 0.575. The van der Waals surface area contributed by atoms with Crippen molar-refractivity contribution in [3.05, 3.63) is 94.1 Å². The summed E-state index contributed by atoms with van der Waals surface area (Å²) < 4.78 is 53.2. The molecule has 0 amide bonds. The molecule has 0 unspecified atom stereocenters. The molecule has 0 aromatic heterocycles. The Hall–Kier alpha value is -2.90. The van der Waals surface area contributed by atoms with Gasteiger partial charge in [0.2, 0.25) is 0 Å². The SMILES string of the molecule is CO[C@](C(=O)O[C@H](CC/C(C)=C/CC/C(C)=C/CC/C=C(\C)CC/C=C(\C)CCC=C(C)C)C(C)(C)O)(c1ccccc1)C(F)(F)F. The van der Waals surface area contributed by atoms with Crippen LogP contribution >= 0.6 is 0 Å². The summed E-state index contributed by atoms with van der Waals surface area (Å²) in [5.74, 6) is -1.60. The van der Waals surface area contributed by atoms with Gasteiger partial charge in [0, 0.05) is 12.7 Å². The molecule has 4 nitrogen and oxygen atoms in total. The first-order valence-corrected chi connectivity index (χ1v) is 16.8. The van der Waals surface area contributed by atoms with Crippen LogP contribution < -0.4 is 0 Å². The molecular formula is C40H59F3O4. The lowest BCUT2D eigenvalue weighted by Gasteiger charge is -2.36. The Morgan fingerprint density at radius 3 is 1.55 bits per heavy atom. The molecule has 0 radical (unpaired) electrons. The minimum Gasteiger partial charge on any atom is -0.457 e. The molecule has 0 bridgehead atoms. The summed E-state index contributed by atoms with van der Waals surface area (Å²) in [7, 11) is 0.831. The zero-order chi connectivity index (χ0) is 35.7. The lowest BCUT2D eigenvalue weighted by Crippen LogP contribution is -2.54. The molecular weight excluding hydrogens is 601 g/mol. The Morgan fingerprint density at radius 1 is 0.723 bits per heavy atom. The summed E-state index contributed by atoms with van der Waals surface area (Å²) in [5, 5.41) is 10.7. The van der Waals surface area contributed by atoms with E-state index < -0.39 is 29.5 Å². The third kappa shape index (κ3) is 15.2. The van der Waals surface area contributed by atoms with Crippen molar-refractivity contribution in [3.8, 4) is 0 Å². The summed E-state index contributed by atoms with van der Waals surface area (Å²) in [4.78, 5) is 13.2. The number of alkyl halides is 3. The van der Waals surface area contributed by atoms with Crippen LogP contribution in [0.1, 0.15) is 125 Å². The molecule has 264 valence electrons. The van der Waals surface area contributed by atoms with Crippen LogP contribution in [0.2, 0.25) is 0 Å². The maximum Gasteiger partial charge on any atom is 0.432 e. The zero-order valence-electron chi connectivity index (χ0n) is 30.2. The van der Waals surface area contributed by atoms with Crippen LogP contribution in [0.4, 0.5) is 13.2 Å². The van der Waals surface area contributed by atoms with Crippen molar-refractivity contribution in [2.75, 3.05) is 7.11 Å².